The summed E-state index contributed by atoms with van der Waals surface area (Å²) in [5.41, 5.74) is 3.33. The Hall–Kier alpha value is -3.13. The molecule has 0 saturated heterocycles. The van der Waals surface area contributed by atoms with Crippen molar-refractivity contribution in [3.05, 3.63) is 63.9 Å². The van der Waals surface area contributed by atoms with Gasteiger partial charge in [0.05, 0.1) is 22.3 Å². The quantitative estimate of drug-likeness (QED) is 0.539. The van der Waals surface area contributed by atoms with Crippen molar-refractivity contribution in [2.45, 2.75) is 19.0 Å². The molecule has 0 bridgehead atoms. The number of benzene rings is 2. The van der Waals surface area contributed by atoms with Crippen LogP contribution >= 0.6 is 11.8 Å². The average molecular weight is 393 g/mol. The molecular formula is C20H19N5O2S. The summed E-state index contributed by atoms with van der Waals surface area (Å²) in [7, 11) is 1.60. The number of amides is 1. The molecule has 0 fully saturated rings. The van der Waals surface area contributed by atoms with Gasteiger partial charge in [-0.2, -0.15) is 0 Å². The molecule has 7 nitrogen and oxygen atoms in total. The molecule has 4 rings (SSSR count). The monoisotopic (exact) mass is 393 g/mol. The Morgan fingerprint density at radius 2 is 1.79 bits per heavy atom. The summed E-state index contributed by atoms with van der Waals surface area (Å²) in [6.07, 6.45) is 0. The number of thioether (sulfide) groups is 1. The van der Waals surface area contributed by atoms with Gasteiger partial charge in [0, 0.05) is 7.05 Å². The predicted molar refractivity (Wildman–Crippen MR) is 110 cm³/mol. The van der Waals surface area contributed by atoms with Crippen LogP contribution in [-0.2, 0) is 4.79 Å². The van der Waals surface area contributed by atoms with E-state index in [-0.39, 0.29) is 17.2 Å². The highest BCUT2D eigenvalue weighted by Gasteiger charge is 2.20. The van der Waals surface area contributed by atoms with E-state index in [1.165, 1.54) is 11.8 Å². The van der Waals surface area contributed by atoms with Gasteiger partial charge in [0.25, 0.3) is 5.56 Å². The Kier molecular flexibility index (Phi) is 4.64. The maximum absolute atomic E-state index is 13.4. The fourth-order valence-electron chi connectivity index (χ4n) is 3.33. The minimum Gasteiger partial charge on any atom is -0.358 e. The Bertz CT molecular complexity index is 1250. The molecule has 4 aromatic rings. The van der Waals surface area contributed by atoms with E-state index < -0.39 is 0 Å². The molecule has 8 heteroatoms. The van der Waals surface area contributed by atoms with Gasteiger partial charge in [-0.1, -0.05) is 42.1 Å². The number of rotatable bonds is 4. The molecule has 28 heavy (non-hydrogen) atoms. The molecule has 0 aliphatic rings. The number of hydrogen-bond donors (Lipinski definition) is 1. The fraction of sp³-hybridized carbons (Fsp3) is 0.200. The van der Waals surface area contributed by atoms with E-state index in [4.69, 9.17) is 0 Å². The first kappa shape index (κ1) is 18.2. The van der Waals surface area contributed by atoms with Gasteiger partial charge in [-0.05, 0) is 37.1 Å². The number of carbonyl (C=O) groups is 1. The maximum atomic E-state index is 13.4. The van der Waals surface area contributed by atoms with Crippen LogP contribution in [-0.4, -0.2) is 37.9 Å². The van der Waals surface area contributed by atoms with Crippen LogP contribution in [0.4, 0.5) is 0 Å². The molecule has 2 aromatic heterocycles. The van der Waals surface area contributed by atoms with Crippen molar-refractivity contribution in [2.24, 2.45) is 0 Å². The molecule has 1 amide bonds. The van der Waals surface area contributed by atoms with E-state index in [0.29, 0.717) is 16.3 Å². The van der Waals surface area contributed by atoms with Crippen molar-refractivity contribution < 1.29 is 4.79 Å². The third kappa shape index (κ3) is 2.86. The van der Waals surface area contributed by atoms with Crippen LogP contribution in [0.1, 0.15) is 11.1 Å². The van der Waals surface area contributed by atoms with Gasteiger partial charge in [-0.25, -0.2) is 4.57 Å². The Morgan fingerprint density at radius 1 is 1.07 bits per heavy atom. The standard InChI is InChI=1S/C20H19N5O2S/c1-12-7-6-8-13(2)17(12)25-18(27)14-9-4-5-10-15(14)24-19(25)22-23-20(24)28-11-16(26)21-3/h4-10H,11H2,1-3H3,(H,21,26). The lowest BCUT2D eigenvalue weighted by molar-refractivity contribution is -0.118. The lowest BCUT2D eigenvalue weighted by Crippen LogP contribution is -2.23. The van der Waals surface area contributed by atoms with Crippen LogP contribution in [0.25, 0.3) is 22.4 Å². The molecule has 1 N–H and O–H groups in total. The number of carbonyl (C=O) groups excluding carboxylic acids is 1. The highest BCUT2D eigenvalue weighted by molar-refractivity contribution is 7.99. The van der Waals surface area contributed by atoms with Crippen LogP contribution in [0, 0.1) is 13.8 Å². The number of fused-ring (bicyclic) bond motifs is 3. The van der Waals surface area contributed by atoms with E-state index in [1.54, 1.807) is 17.7 Å². The molecule has 0 spiro atoms. The Balaban J connectivity index is 2.08. The molecule has 0 atom stereocenters. The largest absolute Gasteiger partial charge is 0.358 e. The zero-order chi connectivity index (χ0) is 19.8. The van der Waals surface area contributed by atoms with E-state index in [0.717, 1.165) is 22.3 Å². The van der Waals surface area contributed by atoms with Gasteiger partial charge >= 0.3 is 0 Å². The number of aryl methyl sites for hydroxylation is 2. The van der Waals surface area contributed by atoms with Crippen molar-refractivity contribution >= 4 is 34.3 Å². The lowest BCUT2D eigenvalue weighted by Gasteiger charge is -2.15. The van der Waals surface area contributed by atoms with E-state index in [1.807, 2.05) is 54.6 Å². The van der Waals surface area contributed by atoms with Gasteiger partial charge in [-0.3, -0.25) is 14.0 Å². The van der Waals surface area contributed by atoms with Crippen LogP contribution in [0.3, 0.4) is 0 Å². The van der Waals surface area contributed by atoms with Crippen molar-refractivity contribution in [2.75, 3.05) is 12.8 Å². The summed E-state index contributed by atoms with van der Waals surface area (Å²) in [6, 6.07) is 13.3. The number of hydrogen-bond acceptors (Lipinski definition) is 5. The summed E-state index contributed by atoms with van der Waals surface area (Å²) in [5, 5.41) is 12.3. The summed E-state index contributed by atoms with van der Waals surface area (Å²) in [5.74, 6) is 0.545. The first-order valence-corrected chi connectivity index (χ1v) is 9.80. The number of nitrogens with zero attached hydrogens (tertiary/aromatic N) is 4. The van der Waals surface area contributed by atoms with E-state index >= 15 is 0 Å². The van der Waals surface area contributed by atoms with E-state index in [2.05, 4.69) is 15.5 Å². The summed E-state index contributed by atoms with van der Waals surface area (Å²) < 4.78 is 3.46. The zero-order valence-electron chi connectivity index (χ0n) is 15.8. The topological polar surface area (TPSA) is 81.3 Å². The first-order valence-electron chi connectivity index (χ1n) is 8.81. The average Bonchev–Trinajstić information content (AvgIpc) is 3.12. The highest BCUT2D eigenvalue weighted by Crippen LogP contribution is 2.25. The summed E-state index contributed by atoms with van der Waals surface area (Å²) in [4.78, 5) is 25.1. The molecule has 0 unspecified atom stereocenters. The van der Waals surface area contributed by atoms with Gasteiger partial charge in [0.1, 0.15) is 0 Å². The molecular weight excluding hydrogens is 374 g/mol. The minimum absolute atomic E-state index is 0.103. The van der Waals surface area contributed by atoms with Gasteiger partial charge in [0.2, 0.25) is 11.7 Å². The lowest BCUT2D eigenvalue weighted by atomic mass is 10.1. The van der Waals surface area contributed by atoms with Gasteiger partial charge in [0.15, 0.2) is 5.16 Å². The summed E-state index contributed by atoms with van der Waals surface area (Å²) >= 11 is 1.28. The predicted octanol–water partition coefficient (Wildman–Crippen LogP) is 2.49. The molecule has 0 radical (unpaired) electrons. The summed E-state index contributed by atoms with van der Waals surface area (Å²) in [6.45, 7) is 3.94. The molecule has 2 heterocycles. The van der Waals surface area contributed by atoms with Gasteiger partial charge < -0.3 is 5.32 Å². The molecule has 0 aliphatic heterocycles. The van der Waals surface area contributed by atoms with Crippen molar-refractivity contribution in [3.63, 3.8) is 0 Å². The first-order chi connectivity index (χ1) is 13.5. The second kappa shape index (κ2) is 7.12. The normalized spacial score (nSPS) is 11.2. The Morgan fingerprint density at radius 3 is 2.50 bits per heavy atom. The van der Waals surface area contributed by atoms with Crippen LogP contribution in [0.15, 0.2) is 52.4 Å². The second-order valence-corrected chi connectivity index (χ2v) is 7.42. The highest BCUT2D eigenvalue weighted by atomic mass is 32.2. The van der Waals surface area contributed by atoms with Crippen molar-refractivity contribution in [1.29, 1.82) is 0 Å². The van der Waals surface area contributed by atoms with Crippen molar-refractivity contribution in [3.8, 4) is 5.69 Å². The minimum atomic E-state index is -0.143. The van der Waals surface area contributed by atoms with Crippen LogP contribution < -0.4 is 10.9 Å². The zero-order valence-corrected chi connectivity index (χ0v) is 16.6. The molecule has 0 aliphatic carbocycles. The second-order valence-electron chi connectivity index (χ2n) is 6.48. The smallest absolute Gasteiger partial charge is 0.267 e. The maximum Gasteiger partial charge on any atom is 0.267 e. The number of para-hydroxylation sites is 2. The molecule has 142 valence electrons. The molecule has 2 aromatic carbocycles. The van der Waals surface area contributed by atoms with Crippen LogP contribution in [0.5, 0.6) is 0 Å². The third-order valence-corrected chi connectivity index (χ3v) is 5.60. The SMILES string of the molecule is CNC(=O)CSc1nnc2n(-c3c(C)cccc3C)c(=O)c3ccccc3n12. The molecule has 0 saturated carbocycles. The fourth-order valence-corrected chi connectivity index (χ4v) is 4.15. The Labute approximate surface area is 165 Å². The third-order valence-electron chi connectivity index (χ3n) is 4.67. The van der Waals surface area contributed by atoms with E-state index in [9.17, 15) is 9.59 Å². The van der Waals surface area contributed by atoms with Gasteiger partial charge in [-0.15, -0.1) is 10.2 Å². The number of nitrogens with one attached hydrogen (secondary N) is 1. The van der Waals surface area contributed by atoms with Crippen molar-refractivity contribution in [1.82, 2.24) is 24.5 Å². The van der Waals surface area contributed by atoms with Crippen LogP contribution in [0.2, 0.25) is 0 Å². The number of aromatic nitrogens is 4.